The summed E-state index contributed by atoms with van der Waals surface area (Å²) in [5.41, 5.74) is 8.47. The molecule has 2 rings (SSSR count). The first kappa shape index (κ1) is 14.6. The molecule has 2 aromatic rings. The summed E-state index contributed by atoms with van der Waals surface area (Å²) in [5.74, 6) is -0.387. The summed E-state index contributed by atoms with van der Waals surface area (Å²) in [6.45, 7) is 3.48. The third-order valence-electron chi connectivity index (χ3n) is 3.22. The van der Waals surface area contributed by atoms with Crippen LogP contribution < -0.4 is 5.73 Å². The van der Waals surface area contributed by atoms with Gasteiger partial charge in [-0.1, -0.05) is 23.7 Å². The van der Waals surface area contributed by atoms with Gasteiger partial charge < -0.3 is 5.73 Å². The molecule has 0 amide bonds. The van der Waals surface area contributed by atoms with Gasteiger partial charge in [-0.25, -0.2) is 4.39 Å². The Morgan fingerprint density at radius 3 is 2.60 bits per heavy atom. The van der Waals surface area contributed by atoms with Crippen LogP contribution in [0.25, 0.3) is 11.1 Å². The van der Waals surface area contributed by atoms with Crippen LogP contribution in [0.15, 0.2) is 35.5 Å². The van der Waals surface area contributed by atoms with E-state index >= 15 is 0 Å². The SMILES string of the molecule is Cc1c(Cl)cc(C(C)N)c(-c2cccc(F)c2)c1N=O. The highest BCUT2D eigenvalue weighted by Crippen LogP contribution is 2.41. The maximum Gasteiger partial charge on any atom is 0.123 e. The minimum absolute atomic E-state index is 0.204. The van der Waals surface area contributed by atoms with E-state index in [-0.39, 0.29) is 17.5 Å². The van der Waals surface area contributed by atoms with E-state index in [1.165, 1.54) is 12.1 Å². The third kappa shape index (κ3) is 2.57. The Labute approximate surface area is 121 Å². The van der Waals surface area contributed by atoms with Gasteiger partial charge in [0.25, 0.3) is 0 Å². The van der Waals surface area contributed by atoms with Crippen LogP contribution >= 0.6 is 11.6 Å². The van der Waals surface area contributed by atoms with Crippen LogP contribution in [0.1, 0.15) is 24.1 Å². The van der Waals surface area contributed by atoms with Gasteiger partial charge in [0.15, 0.2) is 0 Å². The maximum absolute atomic E-state index is 13.4. The largest absolute Gasteiger partial charge is 0.324 e. The van der Waals surface area contributed by atoms with Gasteiger partial charge in [-0.15, -0.1) is 4.91 Å². The number of hydrogen-bond donors (Lipinski definition) is 1. The lowest BCUT2D eigenvalue weighted by molar-refractivity contribution is 0.628. The molecule has 20 heavy (non-hydrogen) atoms. The number of nitrogens with two attached hydrogens (primary N) is 1. The Balaban J connectivity index is 2.85. The fraction of sp³-hybridized carbons (Fsp3) is 0.200. The molecular weight excluding hydrogens is 279 g/mol. The van der Waals surface area contributed by atoms with Crippen LogP contribution in [0, 0.1) is 17.6 Å². The molecule has 2 aromatic carbocycles. The number of nitrogens with zero attached hydrogens (tertiary/aromatic N) is 1. The highest BCUT2D eigenvalue weighted by molar-refractivity contribution is 6.32. The maximum atomic E-state index is 13.4. The molecule has 5 heteroatoms. The first-order valence-corrected chi connectivity index (χ1v) is 6.51. The zero-order valence-electron chi connectivity index (χ0n) is 11.2. The summed E-state index contributed by atoms with van der Waals surface area (Å²) in [4.78, 5) is 11.2. The van der Waals surface area contributed by atoms with Crippen molar-refractivity contribution in [3.8, 4) is 11.1 Å². The third-order valence-corrected chi connectivity index (χ3v) is 3.61. The van der Waals surface area contributed by atoms with Gasteiger partial charge in [0.1, 0.15) is 11.5 Å². The molecule has 0 bridgehead atoms. The van der Waals surface area contributed by atoms with Gasteiger partial charge in [0, 0.05) is 16.6 Å². The molecule has 0 aliphatic heterocycles. The zero-order chi connectivity index (χ0) is 14.9. The van der Waals surface area contributed by atoms with Gasteiger partial charge in [0.2, 0.25) is 0 Å². The number of benzene rings is 2. The Kier molecular flexibility index (Phi) is 4.16. The molecular formula is C15H14ClFN2O. The Bertz CT molecular complexity index is 671. The van der Waals surface area contributed by atoms with E-state index in [0.717, 1.165) is 0 Å². The van der Waals surface area contributed by atoms with Crippen molar-refractivity contribution in [2.24, 2.45) is 10.9 Å². The van der Waals surface area contributed by atoms with E-state index in [9.17, 15) is 9.30 Å². The summed E-state index contributed by atoms with van der Waals surface area (Å²) in [7, 11) is 0. The predicted octanol–water partition coefficient (Wildman–Crippen LogP) is 4.87. The second-order valence-electron chi connectivity index (χ2n) is 4.69. The lowest BCUT2D eigenvalue weighted by atomic mass is 9.92. The minimum atomic E-state index is -0.387. The molecule has 0 fully saturated rings. The minimum Gasteiger partial charge on any atom is -0.324 e. The quantitative estimate of drug-likeness (QED) is 0.820. The van der Waals surface area contributed by atoms with E-state index in [0.29, 0.717) is 27.3 Å². The molecule has 0 spiro atoms. The van der Waals surface area contributed by atoms with Gasteiger partial charge in [-0.3, -0.25) is 0 Å². The van der Waals surface area contributed by atoms with Crippen molar-refractivity contribution < 1.29 is 4.39 Å². The second-order valence-corrected chi connectivity index (χ2v) is 5.09. The number of hydrogen-bond acceptors (Lipinski definition) is 3. The zero-order valence-corrected chi connectivity index (χ0v) is 11.9. The van der Waals surface area contributed by atoms with Crippen molar-refractivity contribution in [1.82, 2.24) is 0 Å². The highest BCUT2D eigenvalue weighted by Gasteiger charge is 2.19. The lowest BCUT2D eigenvalue weighted by Gasteiger charge is -2.17. The number of nitroso groups, excluding NO2 is 1. The molecule has 3 nitrogen and oxygen atoms in total. The fourth-order valence-electron chi connectivity index (χ4n) is 2.17. The molecule has 1 atom stereocenters. The highest BCUT2D eigenvalue weighted by atomic mass is 35.5. The summed E-state index contributed by atoms with van der Waals surface area (Å²) >= 11 is 6.10. The van der Waals surface area contributed by atoms with Crippen molar-refractivity contribution in [3.63, 3.8) is 0 Å². The molecule has 0 aliphatic rings. The van der Waals surface area contributed by atoms with Crippen molar-refractivity contribution in [3.05, 3.63) is 57.2 Å². The van der Waals surface area contributed by atoms with Gasteiger partial charge in [-0.2, -0.15) is 0 Å². The second kappa shape index (κ2) is 5.69. The van der Waals surface area contributed by atoms with Crippen molar-refractivity contribution in [2.45, 2.75) is 19.9 Å². The van der Waals surface area contributed by atoms with Crippen LogP contribution in [-0.2, 0) is 0 Å². The molecule has 104 valence electrons. The van der Waals surface area contributed by atoms with Crippen LogP contribution in [0.3, 0.4) is 0 Å². The summed E-state index contributed by atoms with van der Waals surface area (Å²) in [5, 5.41) is 3.49. The molecule has 0 aliphatic carbocycles. The van der Waals surface area contributed by atoms with Crippen LogP contribution in [0.5, 0.6) is 0 Å². The average molecular weight is 293 g/mol. The Morgan fingerprint density at radius 2 is 2.05 bits per heavy atom. The van der Waals surface area contributed by atoms with Gasteiger partial charge in [0.05, 0.1) is 0 Å². The molecule has 0 saturated carbocycles. The van der Waals surface area contributed by atoms with Crippen LogP contribution in [0.2, 0.25) is 5.02 Å². The topological polar surface area (TPSA) is 55.4 Å². The summed E-state index contributed by atoms with van der Waals surface area (Å²) in [6.07, 6.45) is 0. The normalized spacial score (nSPS) is 12.2. The monoisotopic (exact) mass is 292 g/mol. The van der Waals surface area contributed by atoms with E-state index in [1.54, 1.807) is 32.0 Å². The van der Waals surface area contributed by atoms with Crippen molar-refractivity contribution >= 4 is 17.3 Å². The molecule has 2 N–H and O–H groups in total. The number of rotatable bonds is 3. The first-order chi connectivity index (χ1) is 9.45. The summed E-state index contributed by atoms with van der Waals surface area (Å²) in [6, 6.07) is 7.33. The molecule has 0 aromatic heterocycles. The Hall–Kier alpha value is -1.78. The van der Waals surface area contributed by atoms with Gasteiger partial charge in [-0.05, 0) is 53.9 Å². The summed E-state index contributed by atoms with van der Waals surface area (Å²) < 4.78 is 13.4. The van der Waals surface area contributed by atoms with E-state index in [2.05, 4.69) is 5.18 Å². The fourth-order valence-corrected chi connectivity index (χ4v) is 2.38. The van der Waals surface area contributed by atoms with Crippen molar-refractivity contribution in [2.75, 3.05) is 0 Å². The predicted molar refractivity (Wildman–Crippen MR) is 79.6 cm³/mol. The average Bonchev–Trinajstić information content (AvgIpc) is 2.40. The van der Waals surface area contributed by atoms with Crippen LogP contribution in [-0.4, -0.2) is 0 Å². The lowest BCUT2D eigenvalue weighted by Crippen LogP contribution is -2.07. The van der Waals surface area contributed by atoms with Gasteiger partial charge >= 0.3 is 0 Å². The van der Waals surface area contributed by atoms with E-state index in [4.69, 9.17) is 17.3 Å². The molecule has 1 unspecified atom stereocenters. The molecule has 0 saturated heterocycles. The number of halogens is 2. The standard InChI is InChI=1S/C15H14ClFN2O/c1-8-13(16)7-12(9(2)18)14(15(8)19-20)10-4-3-5-11(17)6-10/h3-7,9H,18H2,1-2H3. The van der Waals surface area contributed by atoms with Crippen LogP contribution in [0.4, 0.5) is 10.1 Å². The smallest absolute Gasteiger partial charge is 0.123 e. The van der Waals surface area contributed by atoms with E-state index < -0.39 is 0 Å². The van der Waals surface area contributed by atoms with E-state index in [1.807, 2.05) is 0 Å². The molecule has 0 heterocycles. The van der Waals surface area contributed by atoms with Crippen molar-refractivity contribution in [1.29, 1.82) is 0 Å². The first-order valence-electron chi connectivity index (χ1n) is 6.13. The molecule has 0 radical (unpaired) electrons. The Morgan fingerprint density at radius 1 is 1.35 bits per heavy atom.